The molecular weight excluding hydrogens is 242 g/mol. The van der Waals surface area contributed by atoms with Gasteiger partial charge in [0.15, 0.2) is 5.82 Å². The molecule has 100 valence electrons. The summed E-state index contributed by atoms with van der Waals surface area (Å²) in [4.78, 5) is 18.0. The smallest absolute Gasteiger partial charge is 0.254 e. The van der Waals surface area contributed by atoms with Crippen molar-refractivity contribution < 1.29 is 4.79 Å². The molecule has 0 saturated heterocycles. The Labute approximate surface area is 111 Å². The Hall–Kier alpha value is -2.21. The normalized spacial score (nSPS) is 10.5. The number of nitrogens with zero attached hydrogens (tertiary/aromatic N) is 3. The number of H-pyrrole nitrogens is 1. The predicted octanol–water partition coefficient (Wildman–Crippen LogP) is 0.844. The van der Waals surface area contributed by atoms with E-state index in [9.17, 15) is 4.79 Å². The van der Waals surface area contributed by atoms with Crippen LogP contribution in [0, 0.1) is 6.92 Å². The predicted molar refractivity (Wildman–Crippen MR) is 71.3 cm³/mol. The maximum absolute atomic E-state index is 12.2. The van der Waals surface area contributed by atoms with Crippen molar-refractivity contribution in [2.45, 2.75) is 20.0 Å². The summed E-state index contributed by atoms with van der Waals surface area (Å²) in [5, 5.41) is 6.77. The summed E-state index contributed by atoms with van der Waals surface area (Å²) in [5.74, 6) is 1.27. The van der Waals surface area contributed by atoms with E-state index in [4.69, 9.17) is 5.73 Å². The molecule has 0 aliphatic carbocycles. The number of carbonyl (C=O) groups excluding carboxylic acids is 1. The van der Waals surface area contributed by atoms with E-state index >= 15 is 0 Å². The molecule has 0 aliphatic heterocycles. The van der Waals surface area contributed by atoms with Gasteiger partial charge in [0.25, 0.3) is 5.91 Å². The van der Waals surface area contributed by atoms with Gasteiger partial charge in [-0.3, -0.25) is 9.89 Å². The first kappa shape index (κ1) is 13.2. The third-order valence-electron chi connectivity index (χ3n) is 2.78. The first-order valence-corrected chi connectivity index (χ1v) is 6.02. The minimum Gasteiger partial charge on any atom is -0.334 e. The summed E-state index contributed by atoms with van der Waals surface area (Å²) in [5.41, 5.74) is 7.13. The van der Waals surface area contributed by atoms with E-state index in [-0.39, 0.29) is 5.91 Å². The number of amides is 1. The molecule has 2 rings (SSSR count). The Morgan fingerprint density at radius 2 is 2.26 bits per heavy atom. The van der Waals surface area contributed by atoms with Gasteiger partial charge in [0, 0.05) is 19.2 Å². The van der Waals surface area contributed by atoms with Crippen LogP contribution in [0.25, 0.3) is 0 Å². The Morgan fingerprint density at radius 1 is 1.47 bits per heavy atom. The number of aryl methyl sites for hydroxylation is 1. The van der Waals surface area contributed by atoms with Crippen molar-refractivity contribution in [2.75, 3.05) is 7.05 Å². The third kappa shape index (κ3) is 3.17. The van der Waals surface area contributed by atoms with Gasteiger partial charge < -0.3 is 10.6 Å². The lowest BCUT2D eigenvalue weighted by Crippen LogP contribution is -2.26. The zero-order valence-electron chi connectivity index (χ0n) is 11.1. The standard InChI is InChI=1S/C13H17N5O/c1-9-15-12(17-16-9)8-18(2)13(19)11-5-3-4-10(6-11)7-14/h3-6H,7-8,14H2,1-2H3,(H,15,16,17). The monoisotopic (exact) mass is 259 g/mol. The molecule has 1 aromatic heterocycles. The van der Waals surface area contributed by atoms with Crippen LogP contribution in [-0.2, 0) is 13.1 Å². The number of benzene rings is 1. The largest absolute Gasteiger partial charge is 0.334 e. The third-order valence-corrected chi connectivity index (χ3v) is 2.78. The number of nitrogens with one attached hydrogen (secondary N) is 1. The van der Waals surface area contributed by atoms with Gasteiger partial charge in [-0.05, 0) is 24.6 Å². The van der Waals surface area contributed by atoms with Gasteiger partial charge in [-0.2, -0.15) is 5.10 Å². The van der Waals surface area contributed by atoms with Crippen molar-refractivity contribution >= 4 is 5.91 Å². The molecule has 0 spiro atoms. The van der Waals surface area contributed by atoms with Crippen molar-refractivity contribution in [1.82, 2.24) is 20.1 Å². The molecule has 0 aliphatic rings. The van der Waals surface area contributed by atoms with Crippen molar-refractivity contribution in [3.8, 4) is 0 Å². The van der Waals surface area contributed by atoms with E-state index in [0.717, 1.165) is 11.4 Å². The van der Waals surface area contributed by atoms with Crippen LogP contribution in [0.5, 0.6) is 0 Å². The van der Waals surface area contributed by atoms with Crippen LogP contribution < -0.4 is 5.73 Å². The quantitative estimate of drug-likeness (QED) is 0.851. The summed E-state index contributed by atoms with van der Waals surface area (Å²) in [6.07, 6.45) is 0. The van der Waals surface area contributed by atoms with E-state index in [1.807, 2.05) is 25.1 Å². The van der Waals surface area contributed by atoms with Crippen LogP contribution in [0.2, 0.25) is 0 Å². The Bertz CT molecular complexity index is 578. The second kappa shape index (κ2) is 5.62. The first-order valence-electron chi connectivity index (χ1n) is 6.02. The van der Waals surface area contributed by atoms with Gasteiger partial charge in [-0.15, -0.1) is 0 Å². The zero-order valence-corrected chi connectivity index (χ0v) is 11.1. The highest BCUT2D eigenvalue weighted by Crippen LogP contribution is 2.09. The highest BCUT2D eigenvalue weighted by atomic mass is 16.2. The van der Waals surface area contributed by atoms with E-state index in [2.05, 4.69) is 15.2 Å². The highest BCUT2D eigenvalue weighted by molar-refractivity contribution is 5.94. The lowest BCUT2D eigenvalue weighted by molar-refractivity contribution is 0.0781. The average molecular weight is 259 g/mol. The summed E-state index contributed by atoms with van der Waals surface area (Å²) >= 11 is 0. The second-order valence-electron chi connectivity index (χ2n) is 4.40. The summed E-state index contributed by atoms with van der Waals surface area (Å²) in [6.45, 7) is 2.62. The van der Waals surface area contributed by atoms with E-state index < -0.39 is 0 Å². The minimum atomic E-state index is -0.0715. The molecule has 0 bridgehead atoms. The Balaban J connectivity index is 2.09. The van der Waals surface area contributed by atoms with Gasteiger partial charge in [0.05, 0.1) is 6.54 Å². The fraction of sp³-hybridized carbons (Fsp3) is 0.308. The van der Waals surface area contributed by atoms with Crippen LogP contribution in [-0.4, -0.2) is 33.0 Å². The van der Waals surface area contributed by atoms with Crippen molar-refractivity contribution in [3.63, 3.8) is 0 Å². The summed E-state index contributed by atoms with van der Waals surface area (Å²) in [7, 11) is 1.73. The number of hydrogen-bond acceptors (Lipinski definition) is 4. The molecule has 0 atom stereocenters. The summed E-state index contributed by atoms with van der Waals surface area (Å²) in [6, 6.07) is 7.32. The molecule has 0 radical (unpaired) electrons. The molecule has 19 heavy (non-hydrogen) atoms. The Kier molecular flexibility index (Phi) is 3.91. The SMILES string of the molecule is Cc1nc(CN(C)C(=O)c2cccc(CN)c2)n[nH]1. The maximum Gasteiger partial charge on any atom is 0.254 e. The number of aromatic amines is 1. The maximum atomic E-state index is 12.2. The van der Waals surface area contributed by atoms with E-state index in [1.165, 1.54) is 0 Å². The topological polar surface area (TPSA) is 87.9 Å². The van der Waals surface area contributed by atoms with Gasteiger partial charge in [-0.25, -0.2) is 4.98 Å². The van der Waals surface area contributed by atoms with Gasteiger partial charge in [-0.1, -0.05) is 12.1 Å². The first-order chi connectivity index (χ1) is 9.10. The van der Waals surface area contributed by atoms with Crippen LogP contribution in [0.15, 0.2) is 24.3 Å². The number of carbonyl (C=O) groups is 1. The highest BCUT2D eigenvalue weighted by Gasteiger charge is 2.14. The average Bonchev–Trinajstić information content (AvgIpc) is 2.83. The molecule has 0 saturated carbocycles. The van der Waals surface area contributed by atoms with E-state index in [1.54, 1.807) is 18.0 Å². The number of rotatable bonds is 4. The molecule has 1 amide bonds. The molecule has 0 fully saturated rings. The molecule has 0 unspecified atom stereocenters. The fourth-order valence-electron chi connectivity index (χ4n) is 1.80. The molecule has 2 aromatic rings. The van der Waals surface area contributed by atoms with Crippen molar-refractivity contribution in [3.05, 3.63) is 47.0 Å². The van der Waals surface area contributed by atoms with Gasteiger partial charge >= 0.3 is 0 Å². The van der Waals surface area contributed by atoms with Crippen LogP contribution in [0.4, 0.5) is 0 Å². The molecule has 3 N–H and O–H groups in total. The zero-order chi connectivity index (χ0) is 13.8. The fourth-order valence-corrected chi connectivity index (χ4v) is 1.80. The van der Waals surface area contributed by atoms with Gasteiger partial charge in [0.2, 0.25) is 0 Å². The second-order valence-corrected chi connectivity index (χ2v) is 4.40. The lowest BCUT2D eigenvalue weighted by Gasteiger charge is -2.15. The van der Waals surface area contributed by atoms with E-state index in [0.29, 0.717) is 24.5 Å². The summed E-state index contributed by atoms with van der Waals surface area (Å²) < 4.78 is 0. The van der Waals surface area contributed by atoms with Gasteiger partial charge in [0.1, 0.15) is 5.82 Å². The van der Waals surface area contributed by atoms with Crippen molar-refractivity contribution in [1.29, 1.82) is 0 Å². The van der Waals surface area contributed by atoms with Crippen LogP contribution >= 0.6 is 0 Å². The van der Waals surface area contributed by atoms with Crippen LogP contribution in [0.1, 0.15) is 27.6 Å². The lowest BCUT2D eigenvalue weighted by atomic mass is 10.1. The molecule has 6 nitrogen and oxygen atoms in total. The molecule has 1 heterocycles. The Morgan fingerprint density at radius 3 is 2.89 bits per heavy atom. The van der Waals surface area contributed by atoms with Crippen molar-refractivity contribution in [2.24, 2.45) is 5.73 Å². The number of hydrogen-bond donors (Lipinski definition) is 2. The molecular formula is C13H17N5O. The number of aromatic nitrogens is 3. The van der Waals surface area contributed by atoms with Crippen LogP contribution in [0.3, 0.4) is 0 Å². The minimum absolute atomic E-state index is 0.0715. The molecule has 6 heteroatoms. The molecule has 1 aromatic carbocycles. The number of nitrogens with two attached hydrogens (primary N) is 1.